The number of para-hydroxylation sites is 2. The lowest BCUT2D eigenvalue weighted by molar-refractivity contribution is -0.117. The van der Waals surface area contributed by atoms with E-state index in [4.69, 9.17) is 0 Å². The lowest BCUT2D eigenvalue weighted by Crippen LogP contribution is -2.55. The zero-order valence-electron chi connectivity index (χ0n) is 13.3. The third-order valence-corrected chi connectivity index (χ3v) is 3.24. The van der Waals surface area contributed by atoms with Gasteiger partial charge in [-0.2, -0.15) is 0 Å². The van der Waals surface area contributed by atoms with Gasteiger partial charge in [0.25, 0.3) is 0 Å². The van der Waals surface area contributed by atoms with Gasteiger partial charge in [0.05, 0.1) is 11.4 Å². The summed E-state index contributed by atoms with van der Waals surface area (Å²) < 4.78 is 0. The zero-order chi connectivity index (χ0) is 15.8. The van der Waals surface area contributed by atoms with Crippen molar-refractivity contribution in [3.8, 4) is 0 Å². The van der Waals surface area contributed by atoms with E-state index in [1.54, 1.807) is 4.90 Å². The van der Waals surface area contributed by atoms with Crippen molar-refractivity contribution in [1.82, 2.24) is 5.32 Å². The number of hydrogen-bond acceptors (Lipinski definition) is 2. The summed E-state index contributed by atoms with van der Waals surface area (Å²) in [5, 5.41) is 2.91. The fourth-order valence-corrected chi connectivity index (χ4v) is 2.46. The second kappa shape index (κ2) is 5.39. The third-order valence-electron chi connectivity index (χ3n) is 3.24. The molecule has 114 valence electrons. The number of hydrogen-bond donors (Lipinski definition) is 1. The second-order valence-electron chi connectivity index (χ2n) is 6.61. The van der Waals surface area contributed by atoms with Crippen LogP contribution in [0.25, 0.3) is 0 Å². The van der Waals surface area contributed by atoms with Crippen molar-refractivity contribution < 1.29 is 9.59 Å². The highest BCUT2D eigenvalue weighted by molar-refractivity contribution is 6.11. The van der Waals surface area contributed by atoms with Gasteiger partial charge in [0.2, 0.25) is 5.91 Å². The Balaban J connectivity index is 2.40. The van der Waals surface area contributed by atoms with Crippen LogP contribution in [0.5, 0.6) is 0 Å². The van der Waals surface area contributed by atoms with Gasteiger partial charge in [0.15, 0.2) is 0 Å². The largest absolute Gasteiger partial charge is 0.333 e. The maximum absolute atomic E-state index is 12.4. The maximum Gasteiger partial charge on any atom is 0.322 e. The molecule has 1 aromatic rings. The molecule has 0 bridgehead atoms. The summed E-state index contributed by atoms with van der Waals surface area (Å²) in [4.78, 5) is 28.1. The summed E-state index contributed by atoms with van der Waals surface area (Å²) in [6.45, 7) is 9.77. The van der Waals surface area contributed by atoms with Crippen LogP contribution in [0.4, 0.5) is 16.2 Å². The van der Waals surface area contributed by atoms with Crippen molar-refractivity contribution in [1.29, 1.82) is 0 Å². The van der Waals surface area contributed by atoms with E-state index in [9.17, 15) is 9.59 Å². The Hall–Kier alpha value is -2.04. The molecular weight excluding hydrogens is 266 g/mol. The average molecular weight is 289 g/mol. The fraction of sp³-hybridized carbons (Fsp3) is 0.500. The maximum atomic E-state index is 12.4. The summed E-state index contributed by atoms with van der Waals surface area (Å²) in [5.41, 5.74) is 1.21. The molecule has 1 aliphatic rings. The van der Waals surface area contributed by atoms with E-state index in [1.165, 1.54) is 4.90 Å². The molecule has 2 rings (SSSR count). The topological polar surface area (TPSA) is 52.7 Å². The van der Waals surface area contributed by atoms with Gasteiger partial charge in [-0.1, -0.05) is 12.1 Å². The Morgan fingerprint density at radius 1 is 1.19 bits per heavy atom. The predicted molar refractivity (Wildman–Crippen MR) is 84.7 cm³/mol. The number of nitrogens with one attached hydrogen (secondary N) is 1. The molecule has 5 nitrogen and oxygen atoms in total. The Morgan fingerprint density at radius 2 is 1.76 bits per heavy atom. The Bertz CT molecular complexity index is 561. The van der Waals surface area contributed by atoms with E-state index in [1.807, 2.05) is 58.9 Å². The fourth-order valence-electron chi connectivity index (χ4n) is 2.46. The van der Waals surface area contributed by atoms with Crippen LogP contribution in [0.2, 0.25) is 0 Å². The molecule has 3 amide bonds. The minimum Gasteiger partial charge on any atom is -0.333 e. The molecule has 0 fully saturated rings. The van der Waals surface area contributed by atoms with E-state index in [2.05, 4.69) is 5.32 Å². The molecule has 0 atom stereocenters. The van der Waals surface area contributed by atoms with Crippen LogP contribution in [-0.4, -0.2) is 30.1 Å². The summed E-state index contributed by atoms with van der Waals surface area (Å²) >= 11 is 0. The standard InChI is InChI=1S/C16H23N3O2/c1-11(2)19-13-9-7-6-8-12(13)18(10-14(19)20)15(21)17-16(3,4)5/h6-9,11H,10H2,1-5H3,(H,17,21). The number of amides is 3. The quantitative estimate of drug-likeness (QED) is 0.864. The van der Waals surface area contributed by atoms with Crippen LogP contribution >= 0.6 is 0 Å². The molecule has 0 saturated carbocycles. The Labute approximate surface area is 125 Å². The minimum atomic E-state index is -0.343. The molecular formula is C16H23N3O2. The first kappa shape index (κ1) is 15.4. The molecule has 0 unspecified atom stereocenters. The van der Waals surface area contributed by atoms with Crippen LogP contribution in [0.15, 0.2) is 24.3 Å². The van der Waals surface area contributed by atoms with Crippen LogP contribution in [0, 0.1) is 0 Å². The number of fused-ring (bicyclic) bond motifs is 1. The van der Waals surface area contributed by atoms with E-state index in [0.29, 0.717) is 0 Å². The van der Waals surface area contributed by atoms with Crippen LogP contribution < -0.4 is 15.1 Å². The van der Waals surface area contributed by atoms with Gasteiger partial charge < -0.3 is 10.2 Å². The molecule has 1 heterocycles. The SMILES string of the molecule is CC(C)N1C(=O)CN(C(=O)NC(C)(C)C)c2ccccc21. The van der Waals surface area contributed by atoms with Crippen molar-refractivity contribution in [2.24, 2.45) is 0 Å². The van der Waals surface area contributed by atoms with E-state index in [0.717, 1.165) is 11.4 Å². The number of carbonyl (C=O) groups is 2. The predicted octanol–water partition coefficient (Wildman–Crippen LogP) is 2.76. The van der Waals surface area contributed by atoms with Gasteiger partial charge in [-0.15, -0.1) is 0 Å². The van der Waals surface area contributed by atoms with Gasteiger partial charge in [-0.25, -0.2) is 4.79 Å². The molecule has 0 spiro atoms. The first-order valence-corrected chi connectivity index (χ1v) is 7.21. The Morgan fingerprint density at radius 3 is 2.29 bits per heavy atom. The van der Waals surface area contributed by atoms with Crippen LogP contribution in [0.1, 0.15) is 34.6 Å². The summed E-state index contributed by atoms with van der Waals surface area (Å²) in [6.07, 6.45) is 0. The monoisotopic (exact) mass is 289 g/mol. The van der Waals surface area contributed by atoms with E-state index >= 15 is 0 Å². The number of carbonyl (C=O) groups excluding carboxylic acids is 2. The van der Waals surface area contributed by atoms with Gasteiger partial charge in [0, 0.05) is 11.6 Å². The molecule has 1 aromatic carbocycles. The molecule has 0 aromatic heterocycles. The smallest absolute Gasteiger partial charge is 0.322 e. The molecule has 1 aliphatic heterocycles. The van der Waals surface area contributed by atoms with Gasteiger partial charge >= 0.3 is 6.03 Å². The van der Waals surface area contributed by atoms with Crippen LogP contribution in [-0.2, 0) is 4.79 Å². The Kier molecular flexibility index (Phi) is 3.94. The molecule has 5 heteroatoms. The summed E-state index contributed by atoms with van der Waals surface area (Å²) in [5.74, 6) is -0.0623. The molecule has 21 heavy (non-hydrogen) atoms. The lowest BCUT2D eigenvalue weighted by Gasteiger charge is -2.39. The molecule has 0 aliphatic carbocycles. The zero-order valence-corrected chi connectivity index (χ0v) is 13.3. The number of benzene rings is 1. The van der Waals surface area contributed by atoms with E-state index < -0.39 is 0 Å². The third kappa shape index (κ3) is 3.17. The van der Waals surface area contributed by atoms with Crippen LogP contribution in [0.3, 0.4) is 0 Å². The van der Waals surface area contributed by atoms with E-state index in [-0.39, 0.29) is 30.1 Å². The number of nitrogens with zero attached hydrogens (tertiary/aromatic N) is 2. The van der Waals surface area contributed by atoms with Crippen molar-refractivity contribution in [2.45, 2.75) is 46.2 Å². The number of rotatable bonds is 1. The van der Waals surface area contributed by atoms with Crippen molar-refractivity contribution in [2.75, 3.05) is 16.3 Å². The van der Waals surface area contributed by atoms with Crippen molar-refractivity contribution >= 4 is 23.3 Å². The highest BCUT2D eigenvalue weighted by atomic mass is 16.2. The van der Waals surface area contributed by atoms with Gasteiger partial charge in [-0.05, 0) is 46.8 Å². The average Bonchev–Trinajstić information content (AvgIpc) is 2.35. The number of urea groups is 1. The highest BCUT2D eigenvalue weighted by Gasteiger charge is 2.34. The summed E-state index contributed by atoms with van der Waals surface area (Å²) in [6, 6.07) is 7.33. The first-order chi connectivity index (χ1) is 9.70. The van der Waals surface area contributed by atoms with Gasteiger partial charge in [0.1, 0.15) is 6.54 Å². The number of anilines is 2. The first-order valence-electron chi connectivity index (χ1n) is 7.21. The van der Waals surface area contributed by atoms with Crippen molar-refractivity contribution in [3.63, 3.8) is 0 Å². The summed E-state index contributed by atoms with van der Waals surface area (Å²) in [7, 11) is 0. The molecule has 0 saturated heterocycles. The highest BCUT2D eigenvalue weighted by Crippen LogP contribution is 2.34. The molecule has 1 N–H and O–H groups in total. The second-order valence-corrected chi connectivity index (χ2v) is 6.61. The van der Waals surface area contributed by atoms with Crippen molar-refractivity contribution in [3.05, 3.63) is 24.3 Å². The minimum absolute atomic E-state index is 0.0616. The lowest BCUT2D eigenvalue weighted by atomic mass is 10.1. The molecule has 0 radical (unpaired) electrons. The normalized spacial score (nSPS) is 15.2. The van der Waals surface area contributed by atoms with Gasteiger partial charge in [-0.3, -0.25) is 9.69 Å².